The lowest BCUT2D eigenvalue weighted by Crippen LogP contribution is -2.45. The number of amides is 2. The van der Waals surface area contributed by atoms with Gasteiger partial charge in [0.05, 0.1) is 18.5 Å². The largest absolute Gasteiger partial charge is 0.467 e. The van der Waals surface area contributed by atoms with Crippen LogP contribution in [0.1, 0.15) is 35.4 Å². The number of carbonyl (C=O) groups excluding carboxylic acids is 2. The Balaban J connectivity index is 1.11. The molecule has 0 radical (unpaired) electrons. The van der Waals surface area contributed by atoms with E-state index in [0.29, 0.717) is 31.1 Å². The number of aromatic nitrogens is 4. The van der Waals surface area contributed by atoms with E-state index in [-0.39, 0.29) is 23.9 Å². The Bertz CT molecular complexity index is 1080. The molecule has 2 saturated heterocycles. The topological polar surface area (TPSA) is 130 Å². The molecule has 2 amide bonds. The lowest BCUT2D eigenvalue weighted by molar-refractivity contribution is -0.123. The van der Waals surface area contributed by atoms with Gasteiger partial charge in [-0.1, -0.05) is 6.07 Å². The SMILES string of the molecule is O=C(NCc1ccco1)C1CC(C2CCN(C(=O)c3cccc(-n4cnnn4)c3)CC2)NN1. The predicted octanol–water partition coefficient (Wildman–Crippen LogP) is 0.659. The van der Waals surface area contributed by atoms with Crippen molar-refractivity contribution in [3.8, 4) is 5.69 Å². The summed E-state index contributed by atoms with van der Waals surface area (Å²) >= 11 is 0. The third-order valence-corrected chi connectivity index (χ3v) is 6.37. The standard InChI is InChI=1S/C22H26N8O3/c31-21(23-13-18-5-2-10-33-18)20-12-19(25-26-20)15-6-8-29(9-7-15)22(32)16-3-1-4-17(11-16)30-14-24-27-28-30/h1-5,10-11,14-15,19-20,25-26H,6-9,12-13H2,(H,23,31). The minimum Gasteiger partial charge on any atom is -0.467 e. The molecule has 1 aromatic carbocycles. The summed E-state index contributed by atoms with van der Waals surface area (Å²) in [7, 11) is 0. The molecule has 2 atom stereocenters. The van der Waals surface area contributed by atoms with Gasteiger partial charge in [-0.05, 0) is 65.9 Å². The normalized spacial score (nSPS) is 21.3. The molecule has 4 heterocycles. The first-order valence-electron chi connectivity index (χ1n) is 11.1. The highest BCUT2D eigenvalue weighted by Crippen LogP contribution is 2.26. The van der Waals surface area contributed by atoms with Gasteiger partial charge in [0.15, 0.2) is 0 Å². The third-order valence-electron chi connectivity index (χ3n) is 6.37. The molecule has 33 heavy (non-hydrogen) atoms. The molecule has 172 valence electrons. The molecule has 2 aliphatic heterocycles. The van der Waals surface area contributed by atoms with E-state index in [1.54, 1.807) is 18.4 Å². The smallest absolute Gasteiger partial charge is 0.253 e. The Morgan fingerprint density at radius 2 is 2.03 bits per heavy atom. The van der Waals surface area contributed by atoms with Crippen molar-refractivity contribution in [3.05, 3.63) is 60.3 Å². The van der Waals surface area contributed by atoms with Crippen molar-refractivity contribution >= 4 is 11.8 Å². The molecular weight excluding hydrogens is 424 g/mol. The Morgan fingerprint density at radius 3 is 2.79 bits per heavy atom. The highest BCUT2D eigenvalue weighted by atomic mass is 16.3. The maximum Gasteiger partial charge on any atom is 0.253 e. The molecule has 0 aliphatic carbocycles. The number of carbonyl (C=O) groups is 2. The predicted molar refractivity (Wildman–Crippen MR) is 117 cm³/mol. The number of hydrogen-bond acceptors (Lipinski definition) is 8. The van der Waals surface area contributed by atoms with Gasteiger partial charge in [-0.15, -0.1) is 5.10 Å². The van der Waals surface area contributed by atoms with Gasteiger partial charge in [0, 0.05) is 24.7 Å². The lowest BCUT2D eigenvalue weighted by Gasteiger charge is -2.34. The quantitative estimate of drug-likeness (QED) is 0.499. The van der Waals surface area contributed by atoms with Gasteiger partial charge in [-0.25, -0.2) is 10.1 Å². The van der Waals surface area contributed by atoms with Crippen molar-refractivity contribution in [2.24, 2.45) is 5.92 Å². The highest BCUT2D eigenvalue weighted by Gasteiger charge is 2.36. The van der Waals surface area contributed by atoms with Crippen LogP contribution in [0.4, 0.5) is 0 Å². The number of rotatable bonds is 6. The molecule has 3 N–H and O–H groups in total. The zero-order valence-corrected chi connectivity index (χ0v) is 18.1. The number of piperidine rings is 1. The van der Waals surface area contributed by atoms with Crippen LogP contribution in [-0.2, 0) is 11.3 Å². The number of likely N-dealkylation sites (tertiary alicyclic amines) is 1. The number of nitrogens with zero attached hydrogens (tertiary/aromatic N) is 5. The molecule has 0 bridgehead atoms. The molecule has 2 unspecified atom stereocenters. The fourth-order valence-electron chi connectivity index (χ4n) is 4.52. The summed E-state index contributed by atoms with van der Waals surface area (Å²) in [5.41, 5.74) is 7.78. The van der Waals surface area contributed by atoms with Crippen LogP contribution in [0.5, 0.6) is 0 Å². The number of hydrazine groups is 1. The highest BCUT2D eigenvalue weighted by molar-refractivity contribution is 5.94. The van der Waals surface area contributed by atoms with Gasteiger partial charge in [0.2, 0.25) is 5.91 Å². The van der Waals surface area contributed by atoms with Crippen LogP contribution >= 0.6 is 0 Å². The number of tetrazole rings is 1. The first-order valence-corrected chi connectivity index (χ1v) is 11.1. The van der Waals surface area contributed by atoms with Gasteiger partial charge >= 0.3 is 0 Å². The van der Waals surface area contributed by atoms with E-state index in [4.69, 9.17) is 4.42 Å². The zero-order chi connectivity index (χ0) is 22.6. The summed E-state index contributed by atoms with van der Waals surface area (Å²) in [4.78, 5) is 27.4. The van der Waals surface area contributed by atoms with E-state index in [0.717, 1.165) is 30.7 Å². The van der Waals surface area contributed by atoms with Crippen molar-refractivity contribution < 1.29 is 14.0 Å². The summed E-state index contributed by atoms with van der Waals surface area (Å²) in [6, 6.07) is 10.9. The van der Waals surface area contributed by atoms with Crippen LogP contribution in [0.2, 0.25) is 0 Å². The number of nitrogens with one attached hydrogen (secondary N) is 3. The zero-order valence-electron chi connectivity index (χ0n) is 18.1. The average molecular weight is 451 g/mol. The maximum atomic E-state index is 13.0. The lowest BCUT2D eigenvalue weighted by atomic mass is 9.87. The maximum absolute atomic E-state index is 13.0. The Morgan fingerprint density at radius 1 is 1.15 bits per heavy atom. The van der Waals surface area contributed by atoms with Crippen LogP contribution in [0.25, 0.3) is 5.69 Å². The van der Waals surface area contributed by atoms with E-state index in [1.807, 2.05) is 29.2 Å². The monoisotopic (exact) mass is 450 g/mol. The molecular formula is C22H26N8O3. The molecule has 0 saturated carbocycles. The summed E-state index contributed by atoms with van der Waals surface area (Å²) in [5.74, 6) is 1.09. The van der Waals surface area contributed by atoms with Gasteiger partial charge in [-0.3, -0.25) is 15.0 Å². The van der Waals surface area contributed by atoms with Crippen LogP contribution in [0.3, 0.4) is 0 Å². The Labute approximate surface area is 190 Å². The van der Waals surface area contributed by atoms with E-state index in [2.05, 4.69) is 31.7 Å². The van der Waals surface area contributed by atoms with Crippen molar-refractivity contribution in [1.29, 1.82) is 0 Å². The molecule has 3 aromatic rings. The molecule has 2 aliphatic rings. The molecule has 2 aromatic heterocycles. The second kappa shape index (κ2) is 9.51. The first kappa shape index (κ1) is 21.3. The third kappa shape index (κ3) is 4.78. The number of hydrogen-bond donors (Lipinski definition) is 3. The fraction of sp³-hybridized carbons (Fsp3) is 0.409. The number of benzene rings is 1. The van der Waals surface area contributed by atoms with Crippen molar-refractivity contribution in [2.45, 2.75) is 37.9 Å². The average Bonchev–Trinajstić information content (AvgIpc) is 3.65. The Kier molecular flexibility index (Phi) is 6.13. The fourth-order valence-corrected chi connectivity index (χ4v) is 4.52. The molecule has 5 rings (SSSR count). The van der Waals surface area contributed by atoms with Crippen molar-refractivity contribution in [1.82, 2.24) is 41.3 Å². The minimum absolute atomic E-state index is 0.0102. The van der Waals surface area contributed by atoms with E-state index in [9.17, 15) is 9.59 Å². The van der Waals surface area contributed by atoms with Gasteiger partial charge in [0.1, 0.15) is 18.1 Å². The first-order chi connectivity index (χ1) is 16.2. The molecule has 11 heteroatoms. The molecule has 2 fully saturated rings. The Hall–Kier alpha value is -3.57. The van der Waals surface area contributed by atoms with Crippen molar-refractivity contribution in [3.63, 3.8) is 0 Å². The van der Waals surface area contributed by atoms with Crippen molar-refractivity contribution in [2.75, 3.05) is 13.1 Å². The van der Waals surface area contributed by atoms with Crippen LogP contribution in [0, 0.1) is 5.92 Å². The summed E-state index contributed by atoms with van der Waals surface area (Å²) in [6.45, 7) is 1.75. The minimum atomic E-state index is -0.279. The molecule has 11 nitrogen and oxygen atoms in total. The summed E-state index contributed by atoms with van der Waals surface area (Å²) in [5, 5.41) is 14.1. The van der Waals surface area contributed by atoms with Crippen LogP contribution in [0.15, 0.2) is 53.4 Å². The van der Waals surface area contributed by atoms with Crippen LogP contribution in [-0.4, -0.2) is 62.1 Å². The second-order valence-electron chi connectivity index (χ2n) is 8.41. The van der Waals surface area contributed by atoms with E-state index >= 15 is 0 Å². The number of furan rings is 1. The summed E-state index contributed by atoms with van der Waals surface area (Å²) < 4.78 is 6.79. The van der Waals surface area contributed by atoms with Gasteiger partial charge in [0.25, 0.3) is 5.91 Å². The van der Waals surface area contributed by atoms with E-state index in [1.165, 1.54) is 11.0 Å². The molecule has 0 spiro atoms. The van der Waals surface area contributed by atoms with E-state index < -0.39 is 0 Å². The van der Waals surface area contributed by atoms with Gasteiger partial charge in [-0.2, -0.15) is 0 Å². The summed E-state index contributed by atoms with van der Waals surface area (Å²) in [6.07, 6.45) is 5.59. The van der Waals surface area contributed by atoms with Gasteiger partial charge < -0.3 is 14.6 Å². The van der Waals surface area contributed by atoms with Crippen LogP contribution < -0.4 is 16.2 Å². The second-order valence-corrected chi connectivity index (χ2v) is 8.41.